The van der Waals surface area contributed by atoms with Crippen LogP contribution in [0.25, 0.3) is 0 Å². The van der Waals surface area contributed by atoms with Gasteiger partial charge in [0.05, 0.1) is 12.9 Å². The van der Waals surface area contributed by atoms with E-state index in [1.807, 2.05) is 0 Å². The third kappa shape index (κ3) is 25.8. The SMILES string of the molecule is CCCCC(CC)CNCCO.CS(=O)(=O)O. The molecule has 0 radical (unpaired) electrons. The zero-order valence-corrected chi connectivity index (χ0v) is 12.0. The largest absolute Gasteiger partial charge is 0.395 e. The van der Waals surface area contributed by atoms with E-state index in [1.165, 1.54) is 25.7 Å². The molecule has 0 saturated heterocycles. The predicted molar refractivity (Wildman–Crippen MR) is 70.7 cm³/mol. The van der Waals surface area contributed by atoms with Crippen molar-refractivity contribution in [3.63, 3.8) is 0 Å². The molecule has 0 saturated carbocycles. The van der Waals surface area contributed by atoms with E-state index < -0.39 is 10.1 Å². The summed E-state index contributed by atoms with van der Waals surface area (Å²) in [6, 6.07) is 0. The molecule has 106 valence electrons. The summed E-state index contributed by atoms with van der Waals surface area (Å²) < 4.78 is 25.9. The Morgan fingerprint density at radius 2 is 1.82 bits per heavy atom. The number of nitrogens with one attached hydrogen (secondary N) is 1. The van der Waals surface area contributed by atoms with Crippen LogP contribution in [-0.4, -0.2) is 44.0 Å². The quantitative estimate of drug-likeness (QED) is 0.456. The van der Waals surface area contributed by atoms with E-state index in [2.05, 4.69) is 19.2 Å². The van der Waals surface area contributed by atoms with Crippen LogP contribution in [0.3, 0.4) is 0 Å². The molecule has 0 heterocycles. The van der Waals surface area contributed by atoms with Gasteiger partial charge in [-0.25, -0.2) is 0 Å². The molecule has 0 aromatic heterocycles. The van der Waals surface area contributed by atoms with E-state index in [0.29, 0.717) is 6.26 Å². The highest BCUT2D eigenvalue weighted by atomic mass is 32.2. The maximum Gasteiger partial charge on any atom is 0.261 e. The van der Waals surface area contributed by atoms with E-state index in [1.54, 1.807) is 0 Å². The van der Waals surface area contributed by atoms with Crippen molar-refractivity contribution in [2.75, 3.05) is 26.0 Å². The van der Waals surface area contributed by atoms with Crippen molar-refractivity contribution in [1.29, 1.82) is 0 Å². The minimum absolute atomic E-state index is 0.254. The van der Waals surface area contributed by atoms with Gasteiger partial charge in [-0.2, -0.15) is 8.42 Å². The molecule has 0 aromatic rings. The first kappa shape index (κ1) is 19.2. The highest BCUT2D eigenvalue weighted by molar-refractivity contribution is 7.85. The predicted octanol–water partition coefficient (Wildman–Crippen LogP) is 1.29. The summed E-state index contributed by atoms with van der Waals surface area (Å²) in [6.45, 7) is 6.53. The molecule has 0 aliphatic heterocycles. The Balaban J connectivity index is 0. The van der Waals surface area contributed by atoms with E-state index in [4.69, 9.17) is 9.66 Å². The molecule has 0 aliphatic rings. The summed E-state index contributed by atoms with van der Waals surface area (Å²) in [5, 5.41) is 11.8. The molecule has 0 aromatic carbocycles. The molecule has 0 rings (SSSR count). The maximum absolute atomic E-state index is 9.19. The second kappa shape index (κ2) is 12.3. The van der Waals surface area contributed by atoms with Crippen LogP contribution in [-0.2, 0) is 10.1 Å². The van der Waals surface area contributed by atoms with E-state index in [-0.39, 0.29) is 6.61 Å². The van der Waals surface area contributed by atoms with Gasteiger partial charge in [0.25, 0.3) is 10.1 Å². The van der Waals surface area contributed by atoms with Crippen molar-refractivity contribution in [3.05, 3.63) is 0 Å². The second-order valence-electron chi connectivity index (χ2n) is 4.08. The number of unbranched alkanes of at least 4 members (excludes halogenated alkanes) is 1. The molecule has 6 heteroatoms. The Kier molecular flexibility index (Phi) is 13.9. The van der Waals surface area contributed by atoms with Crippen LogP contribution in [0.2, 0.25) is 0 Å². The second-order valence-corrected chi connectivity index (χ2v) is 5.54. The van der Waals surface area contributed by atoms with Crippen LogP contribution in [0.5, 0.6) is 0 Å². The van der Waals surface area contributed by atoms with E-state index in [0.717, 1.165) is 19.0 Å². The van der Waals surface area contributed by atoms with Gasteiger partial charge in [-0.3, -0.25) is 4.55 Å². The summed E-state index contributed by atoms with van der Waals surface area (Å²) in [6.07, 6.45) is 5.91. The first-order valence-corrected chi connectivity index (χ1v) is 7.93. The van der Waals surface area contributed by atoms with Gasteiger partial charge in [0.15, 0.2) is 0 Å². The van der Waals surface area contributed by atoms with Crippen LogP contribution >= 0.6 is 0 Å². The molecule has 0 spiro atoms. The highest BCUT2D eigenvalue weighted by Crippen LogP contribution is 2.10. The van der Waals surface area contributed by atoms with Crippen LogP contribution < -0.4 is 5.32 Å². The fourth-order valence-electron chi connectivity index (χ4n) is 1.33. The van der Waals surface area contributed by atoms with Crippen LogP contribution in [0.4, 0.5) is 0 Å². The molecule has 3 N–H and O–H groups in total. The lowest BCUT2D eigenvalue weighted by Crippen LogP contribution is -2.25. The Morgan fingerprint density at radius 1 is 1.29 bits per heavy atom. The molecule has 0 aliphatic carbocycles. The van der Waals surface area contributed by atoms with Gasteiger partial charge in [0.2, 0.25) is 0 Å². The average molecular weight is 269 g/mol. The molecule has 1 atom stereocenters. The van der Waals surface area contributed by atoms with Gasteiger partial charge in [-0.1, -0.05) is 33.1 Å². The Morgan fingerprint density at radius 3 is 2.18 bits per heavy atom. The van der Waals surface area contributed by atoms with Gasteiger partial charge in [-0.15, -0.1) is 0 Å². The van der Waals surface area contributed by atoms with Crippen LogP contribution in [0.15, 0.2) is 0 Å². The van der Waals surface area contributed by atoms with Gasteiger partial charge in [-0.05, 0) is 18.9 Å². The van der Waals surface area contributed by atoms with Crippen LogP contribution in [0.1, 0.15) is 39.5 Å². The summed E-state index contributed by atoms with van der Waals surface area (Å²) in [5.41, 5.74) is 0. The number of hydrogen-bond donors (Lipinski definition) is 3. The van der Waals surface area contributed by atoms with E-state index in [9.17, 15) is 8.42 Å². The van der Waals surface area contributed by atoms with Crippen molar-refractivity contribution >= 4 is 10.1 Å². The highest BCUT2D eigenvalue weighted by Gasteiger charge is 2.03. The maximum atomic E-state index is 9.19. The molecule has 1 unspecified atom stereocenters. The van der Waals surface area contributed by atoms with Gasteiger partial charge in [0, 0.05) is 6.54 Å². The standard InChI is InChI=1S/C10H23NO.CH4O3S/c1-3-5-6-10(4-2)9-11-7-8-12;1-5(2,3)4/h10-12H,3-9H2,1-2H3;1H3,(H,2,3,4). The van der Waals surface area contributed by atoms with Crippen molar-refractivity contribution in [3.8, 4) is 0 Å². The minimum Gasteiger partial charge on any atom is -0.395 e. The van der Waals surface area contributed by atoms with Gasteiger partial charge in [0.1, 0.15) is 0 Å². The molecule has 0 fully saturated rings. The summed E-state index contributed by atoms with van der Waals surface area (Å²) in [5.74, 6) is 0.802. The van der Waals surface area contributed by atoms with Crippen molar-refractivity contribution in [2.45, 2.75) is 39.5 Å². The zero-order chi connectivity index (χ0) is 13.7. The van der Waals surface area contributed by atoms with Gasteiger partial charge < -0.3 is 10.4 Å². The molecule has 5 nitrogen and oxygen atoms in total. The minimum atomic E-state index is -3.67. The first-order chi connectivity index (χ1) is 7.85. The van der Waals surface area contributed by atoms with Gasteiger partial charge >= 0.3 is 0 Å². The number of aliphatic hydroxyl groups is 1. The normalized spacial score (nSPS) is 12.8. The lowest BCUT2D eigenvalue weighted by molar-refractivity contribution is 0.285. The van der Waals surface area contributed by atoms with Crippen molar-refractivity contribution < 1.29 is 18.1 Å². The number of hydrogen-bond acceptors (Lipinski definition) is 4. The third-order valence-corrected chi connectivity index (χ3v) is 2.26. The fraction of sp³-hybridized carbons (Fsp3) is 1.00. The topological polar surface area (TPSA) is 86.6 Å². The van der Waals surface area contributed by atoms with Crippen LogP contribution in [0, 0.1) is 5.92 Å². The summed E-state index contributed by atoms with van der Waals surface area (Å²) in [4.78, 5) is 0. The number of rotatable bonds is 8. The molecule has 17 heavy (non-hydrogen) atoms. The lowest BCUT2D eigenvalue weighted by Gasteiger charge is -2.14. The lowest BCUT2D eigenvalue weighted by atomic mass is 9.99. The summed E-state index contributed by atoms with van der Waals surface area (Å²) >= 11 is 0. The van der Waals surface area contributed by atoms with E-state index >= 15 is 0 Å². The molecule has 0 bridgehead atoms. The monoisotopic (exact) mass is 269 g/mol. The third-order valence-electron chi connectivity index (χ3n) is 2.26. The molecular formula is C11H27NO4S. The molecular weight excluding hydrogens is 242 g/mol. The molecule has 0 amide bonds. The Labute approximate surface area is 105 Å². The Hall–Kier alpha value is -0.170. The smallest absolute Gasteiger partial charge is 0.261 e. The average Bonchev–Trinajstić information content (AvgIpc) is 2.21. The fourth-order valence-corrected chi connectivity index (χ4v) is 1.33. The number of aliphatic hydroxyl groups excluding tert-OH is 1. The van der Waals surface area contributed by atoms with Crippen molar-refractivity contribution in [2.24, 2.45) is 5.92 Å². The van der Waals surface area contributed by atoms with Crippen molar-refractivity contribution in [1.82, 2.24) is 5.32 Å². The zero-order valence-electron chi connectivity index (χ0n) is 11.1. The Bertz CT molecular complexity index is 234. The first-order valence-electron chi connectivity index (χ1n) is 6.09. The summed E-state index contributed by atoms with van der Waals surface area (Å²) in [7, 11) is -3.67.